The third-order valence-electron chi connectivity index (χ3n) is 4.35. The summed E-state index contributed by atoms with van der Waals surface area (Å²) in [6.45, 7) is 1.63. The van der Waals surface area contributed by atoms with E-state index in [1.165, 1.54) is 0 Å². The van der Waals surface area contributed by atoms with Crippen molar-refractivity contribution < 1.29 is 19.1 Å². The number of aromatic nitrogens is 1. The van der Waals surface area contributed by atoms with Gasteiger partial charge in [0.1, 0.15) is 5.75 Å². The summed E-state index contributed by atoms with van der Waals surface area (Å²) >= 11 is 0. The minimum absolute atomic E-state index is 0.00741. The van der Waals surface area contributed by atoms with Gasteiger partial charge in [-0.1, -0.05) is 18.2 Å². The van der Waals surface area contributed by atoms with E-state index in [0.717, 1.165) is 5.69 Å². The fraction of sp³-hybridized carbons (Fsp3) is 0.350. The number of carbonyl (C=O) groups is 2. The lowest BCUT2D eigenvalue weighted by Crippen LogP contribution is -2.42. The summed E-state index contributed by atoms with van der Waals surface area (Å²) in [7, 11) is 1.60. The minimum Gasteiger partial charge on any atom is -0.482 e. The van der Waals surface area contributed by atoms with Crippen molar-refractivity contribution >= 4 is 17.5 Å². The van der Waals surface area contributed by atoms with Crippen LogP contribution in [0.3, 0.4) is 0 Å². The molecule has 2 aromatic rings. The zero-order valence-corrected chi connectivity index (χ0v) is 15.3. The largest absolute Gasteiger partial charge is 0.482 e. The zero-order chi connectivity index (χ0) is 19.1. The maximum Gasteiger partial charge on any atom is 0.265 e. The molecule has 0 atom stereocenters. The van der Waals surface area contributed by atoms with Crippen molar-refractivity contribution in [1.82, 2.24) is 9.88 Å². The Morgan fingerprint density at radius 3 is 2.85 bits per heavy atom. The van der Waals surface area contributed by atoms with Gasteiger partial charge in [0, 0.05) is 32.8 Å². The van der Waals surface area contributed by atoms with Crippen molar-refractivity contribution in [2.24, 2.45) is 0 Å². The number of ether oxygens (including phenoxy) is 2. The molecule has 0 fully saturated rings. The molecule has 0 unspecified atom stereocenters. The van der Waals surface area contributed by atoms with Crippen LogP contribution in [-0.2, 0) is 20.9 Å². The molecule has 0 saturated carbocycles. The zero-order valence-electron chi connectivity index (χ0n) is 15.3. The SMILES string of the molecule is COCCN(Cc1ccccn1)C(=O)CCN1C(=O)COc2ccccc21. The third kappa shape index (κ3) is 4.83. The van der Waals surface area contributed by atoms with E-state index in [9.17, 15) is 9.59 Å². The summed E-state index contributed by atoms with van der Waals surface area (Å²) in [5.74, 6) is 0.471. The molecule has 2 amide bonds. The van der Waals surface area contributed by atoms with E-state index in [-0.39, 0.29) is 24.8 Å². The molecule has 0 bridgehead atoms. The Balaban J connectivity index is 1.66. The van der Waals surface area contributed by atoms with Crippen LogP contribution in [-0.4, -0.2) is 55.1 Å². The van der Waals surface area contributed by atoms with Crippen LogP contribution in [0.25, 0.3) is 0 Å². The number of hydrogen-bond donors (Lipinski definition) is 0. The lowest BCUT2D eigenvalue weighted by Gasteiger charge is -2.30. The van der Waals surface area contributed by atoms with Crippen LogP contribution >= 0.6 is 0 Å². The Kier molecular flexibility index (Phi) is 6.38. The number of nitrogens with zero attached hydrogens (tertiary/aromatic N) is 3. The average molecular weight is 369 g/mol. The number of benzene rings is 1. The standard InChI is InChI=1S/C20H23N3O4/c1-26-13-12-22(14-16-6-4-5-10-21-16)19(24)9-11-23-17-7-2-3-8-18(17)27-15-20(23)25/h2-8,10H,9,11-15H2,1H3. The van der Waals surface area contributed by atoms with Crippen molar-refractivity contribution in [3.63, 3.8) is 0 Å². The molecule has 0 radical (unpaired) electrons. The fourth-order valence-corrected chi connectivity index (χ4v) is 2.95. The Morgan fingerprint density at radius 2 is 2.07 bits per heavy atom. The summed E-state index contributed by atoms with van der Waals surface area (Å²) in [6.07, 6.45) is 1.92. The molecule has 0 aliphatic carbocycles. The van der Waals surface area contributed by atoms with E-state index < -0.39 is 0 Å². The van der Waals surface area contributed by atoms with E-state index in [1.54, 1.807) is 23.1 Å². The quantitative estimate of drug-likeness (QED) is 0.710. The predicted octanol–water partition coefficient (Wildman–Crippen LogP) is 1.87. The van der Waals surface area contributed by atoms with Gasteiger partial charge in [0.15, 0.2) is 6.61 Å². The molecule has 7 heteroatoms. The van der Waals surface area contributed by atoms with Gasteiger partial charge in [-0.15, -0.1) is 0 Å². The minimum atomic E-state index is -0.144. The van der Waals surface area contributed by atoms with Crippen molar-refractivity contribution in [1.29, 1.82) is 0 Å². The number of carbonyl (C=O) groups excluding carboxylic acids is 2. The number of rotatable bonds is 8. The van der Waals surface area contributed by atoms with E-state index in [4.69, 9.17) is 9.47 Å². The first-order chi connectivity index (χ1) is 13.2. The van der Waals surface area contributed by atoms with Gasteiger partial charge in [0.25, 0.3) is 5.91 Å². The Labute approximate surface area is 158 Å². The Hall–Kier alpha value is -2.93. The first kappa shape index (κ1) is 18.8. The van der Waals surface area contributed by atoms with Crippen molar-refractivity contribution in [2.75, 3.05) is 38.3 Å². The van der Waals surface area contributed by atoms with Crippen molar-refractivity contribution in [3.8, 4) is 5.75 Å². The highest BCUT2D eigenvalue weighted by Gasteiger charge is 2.26. The molecule has 1 aromatic heterocycles. The summed E-state index contributed by atoms with van der Waals surface area (Å²) in [4.78, 5) is 32.6. The van der Waals surface area contributed by atoms with E-state index in [1.807, 2.05) is 42.5 Å². The molecule has 7 nitrogen and oxygen atoms in total. The maximum atomic E-state index is 12.8. The van der Waals surface area contributed by atoms with Crippen LogP contribution in [0, 0.1) is 0 Å². The Morgan fingerprint density at radius 1 is 1.26 bits per heavy atom. The number of fused-ring (bicyclic) bond motifs is 1. The van der Waals surface area contributed by atoms with Crippen LogP contribution in [0.5, 0.6) is 5.75 Å². The number of methoxy groups -OCH3 is 1. The number of hydrogen-bond acceptors (Lipinski definition) is 5. The molecule has 27 heavy (non-hydrogen) atoms. The third-order valence-corrected chi connectivity index (χ3v) is 4.35. The van der Waals surface area contributed by atoms with E-state index in [0.29, 0.717) is 37.7 Å². The van der Waals surface area contributed by atoms with Gasteiger partial charge in [0.2, 0.25) is 5.91 Å². The van der Waals surface area contributed by atoms with Gasteiger partial charge in [-0.2, -0.15) is 0 Å². The number of para-hydroxylation sites is 2. The highest BCUT2D eigenvalue weighted by Crippen LogP contribution is 2.31. The van der Waals surface area contributed by atoms with Crippen LogP contribution in [0.1, 0.15) is 12.1 Å². The van der Waals surface area contributed by atoms with E-state index >= 15 is 0 Å². The molecule has 1 aliphatic heterocycles. The van der Waals surface area contributed by atoms with Gasteiger partial charge in [-0.05, 0) is 24.3 Å². The van der Waals surface area contributed by atoms with Crippen LogP contribution < -0.4 is 9.64 Å². The van der Waals surface area contributed by atoms with Crippen LogP contribution in [0.15, 0.2) is 48.7 Å². The van der Waals surface area contributed by atoms with Crippen LogP contribution in [0.2, 0.25) is 0 Å². The lowest BCUT2D eigenvalue weighted by atomic mass is 10.2. The second-order valence-corrected chi connectivity index (χ2v) is 6.18. The molecule has 0 saturated heterocycles. The molecule has 1 aliphatic rings. The summed E-state index contributed by atoms with van der Waals surface area (Å²) in [5.41, 5.74) is 1.52. The molecule has 3 rings (SSSR count). The molecular formula is C20H23N3O4. The number of anilines is 1. The molecule has 2 heterocycles. The molecule has 142 valence electrons. The topological polar surface area (TPSA) is 72.0 Å². The predicted molar refractivity (Wildman–Crippen MR) is 100 cm³/mol. The van der Waals surface area contributed by atoms with Gasteiger partial charge in [-0.3, -0.25) is 14.6 Å². The van der Waals surface area contributed by atoms with Crippen molar-refractivity contribution in [2.45, 2.75) is 13.0 Å². The fourth-order valence-electron chi connectivity index (χ4n) is 2.95. The molecule has 0 N–H and O–H groups in total. The van der Waals surface area contributed by atoms with Gasteiger partial charge in [-0.25, -0.2) is 0 Å². The van der Waals surface area contributed by atoms with Gasteiger partial charge < -0.3 is 19.3 Å². The Bertz CT molecular complexity index is 782. The highest BCUT2D eigenvalue weighted by atomic mass is 16.5. The first-order valence-electron chi connectivity index (χ1n) is 8.88. The van der Waals surface area contributed by atoms with Gasteiger partial charge in [0.05, 0.1) is 24.5 Å². The van der Waals surface area contributed by atoms with Gasteiger partial charge >= 0.3 is 0 Å². The second kappa shape index (κ2) is 9.14. The summed E-state index contributed by atoms with van der Waals surface area (Å²) < 4.78 is 10.6. The van der Waals surface area contributed by atoms with Crippen LogP contribution in [0.4, 0.5) is 5.69 Å². The molecule has 1 aromatic carbocycles. The van der Waals surface area contributed by atoms with E-state index in [2.05, 4.69) is 4.98 Å². The lowest BCUT2D eigenvalue weighted by molar-refractivity contribution is -0.132. The number of amides is 2. The average Bonchev–Trinajstić information content (AvgIpc) is 2.71. The maximum absolute atomic E-state index is 12.8. The number of pyridine rings is 1. The normalized spacial score (nSPS) is 13.1. The second-order valence-electron chi connectivity index (χ2n) is 6.18. The summed E-state index contributed by atoms with van der Waals surface area (Å²) in [5, 5.41) is 0. The van der Waals surface area contributed by atoms with Crippen molar-refractivity contribution in [3.05, 3.63) is 54.4 Å². The first-order valence-corrected chi connectivity index (χ1v) is 8.88. The highest BCUT2D eigenvalue weighted by molar-refractivity contribution is 5.98. The molecular weight excluding hydrogens is 346 g/mol. The molecule has 0 spiro atoms. The smallest absolute Gasteiger partial charge is 0.265 e. The summed E-state index contributed by atoms with van der Waals surface area (Å²) in [6, 6.07) is 13.0. The monoisotopic (exact) mass is 369 g/mol.